The van der Waals surface area contributed by atoms with Gasteiger partial charge in [-0.25, -0.2) is 4.79 Å². The van der Waals surface area contributed by atoms with Crippen LogP contribution in [0.15, 0.2) is 24.4 Å². The van der Waals surface area contributed by atoms with Gasteiger partial charge in [-0.05, 0) is 19.1 Å². The number of methoxy groups -OCH3 is 1. The number of aryl methyl sites for hydroxylation is 2. The number of fused-ring (bicyclic) bond motifs is 1. The summed E-state index contributed by atoms with van der Waals surface area (Å²) in [6.45, 7) is 1.97. The zero-order valence-electron chi connectivity index (χ0n) is 12.9. The second kappa shape index (κ2) is 4.91. The van der Waals surface area contributed by atoms with Crippen LogP contribution < -0.4 is 4.74 Å². The fraction of sp³-hybridized carbons (Fsp3) is 0.250. The Morgan fingerprint density at radius 1 is 1.32 bits per heavy atom. The van der Waals surface area contributed by atoms with Crippen molar-refractivity contribution in [3.63, 3.8) is 0 Å². The van der Waals surface area contributed by atoms with Gasteiger partial charge in [-0.15, -0.1) is 0 Å². The Labute approximate surface area is 127 Å². The fourth-order valence-electron chi connectivity index (χ4n) is 2.93. The molecule has 114 valence electrons. The van der Waals surface area contributed by atoms with E-state index in [1.165, 1.54) is 6.20 Å². The number of aromatic nitrogens is 3. The van der Waals surface area contributed by atoms with Crippen molar-refractivity contribution in [2.45, 2.75) is 6.92 Å². The minimum absolute atomic E-state index is 0.184. The highest BCUT2D eigenvalue weighted by Crippen LogP contribution is 2.40. The maximum absolute atomic E-state index is 11.5. The first-order valence-corrected chi connectivity index (χ1v) is 6.85. The summed E-state index contributed by atoms with van der Waals surface area (Å²) in [5.74, 6) is -0.275. The molecule has 6 nitrogen and oxygen atoms in total. The fourth-order valence-corrected chi connectivity index (χ4v) is 2.93. The van der Waals surface area contributed by atoms with Crippen LogP contribution in [0.25, 0.3) is 22.2 Å². The van der Waals surface area contributed by atoms with Crippen molar-refractivity contribution in [3.05, 3.63) is 35.7 Å². The summed E-state index contributed by atoms with van der Waals surface area (Å²) < 4.78 is 9.11. The predicted octanol–water partition coefficient (Wildman–Crippen LogP) is 2.59. The highest BCUT2D eigenvalue weighted by Gasteiger charge is 2.24. The van der Waals surface area contributed by atoms with Crippen molar-refractivity contribution in [1.82, 2.24) is 14.3 Å². The van der Waals surface area contributed by atoms with Gasteiger partial charge in [0, 0.05) is 25.4 Å². The maximum atomic E-state index is 11.5. The molecule has 0 amide bonds. The first-order chi connectivity index (χ1) is 10.5. The number of ether oxygens (including phenoxy) is 1. The van der Waals surface area contributed by atoms with Crippen LogP contribution in [0.4, 0.5) is 0 Å². The lowest BCUT2D eigenvalue weighted by Crippen LogP contribution is -2.02. The number of carboxylic acids is 1. The average Bonchev–Trinajstić information content (AvgIpc) is 2.99. The summed E-state index contributed by atoms with van der Waals surface area (Å²) in [7, 11) is 5.31. The molecule has 0 unspecified atom stereocenters. The van der Waals surface area contributed by atoms with Gasteiger partial charge in [-0.1, -0.05) is 6.07 Å². The second-order valence-corrected chi connectivity index (χ2v) is 5.21. The van der Waals surface area contributed by atoms with E-state index < -0.39 is 5.97 Å². The molecule has 0 aliphatic rings. The van der Waals surface area contributed by atoms with E-state index in [-0.39, 0.29) is 5.56 Å². The molecule has 0 aliphatic heterocycles. The summed E-state index contributed by atoms with van der Waals surface area (Å²) in [4.78, 5) is 11.5. The number of benzene rings is 1. The SMILES string of the molecule is COc1cccc2c1c(-c1c(C(=O)O)cnn1C)c(C)n2C. The van der Waals surface area contributed by atoms with Crippen LogP contribution in [-0.4, -0.2) is 32.5 Å². The third-order valence-electron chi connectivity index (χ3n) is 4.11. The summed E-state index contributed by atoms with van der Waals surface area (Å²) in [5.41, 5.74) is 3.56. The Kier molecular flexibility index (Phi) is 3.16. The molecule has 1 N–H and O–H groups in total. The van der Waals surface area contributed by atoms with Crippen molar-refractivity contribution in [1.29, 1.82) is 0 Å². The van der Waals surface area contributed by atoms with Crippen LogP contribution in [-0.2, 0) is 14.1 Å². The van der Waals surface area contributed by atoms with Gasteiger partial charge in [-0.3, -0.25) is 4.68 Å². The molecule has 22 heavy (non-hydrogen) atoms. The summed E-state index contributed by atoms with van der Waals surface area (Å²) in [5, 5.41) is 14.5. The van der Waals surface area contributed by atoms with Gasteiger partial charge in [0.25, 0.3) is 0 Å². The molecule has 0 aliphatic carbocycles. The van der Waals surface area contributed by atoms with Gasteiger partial charge >= 0.3 is 5.97 Å². The van der Waals surface area contributed by atoms with Gasteiger partial charge in [-0.2, -0.15) is 5.10 Å². The largest absolute Gasteiger partial charge is 0.496 e. The topological polar surface area (TPSA) is 69.3 Å². The molecule has 3 aromatic rings. The van der Waals surface area contributed by atoms with Gasteiger partial charge < -0.3 is 14.4 Å². The lowest BCUT2D eigenvalue weighted by atomic mass is 10.0. The number of rotatable bonds is 3. The highest BCUT2D eigenvalue weighted by atomic mass is 16.5. The molecule has 0 fully saturated rings. The number of hydrogen-bond donors (Lipinski definition) is 1. The quantitative estimate of drug-likeness (QED) is 0.807. The molecular weight excluding hydrogens is 282 g/mol. The lowest BCUT2D eigenvalue weighted by molar-refractivity contribution is 0.0697. The van der Waals surface area contributed by atoms with Crippen LogP contribution in [0.3, 0.4) is 0 Å². The van der Waals surface area contributed by atoms with Crippen molar-refractivity contribution in [3.8, 4) is 17.0 Å². The van der Waals surface area contributed by atoms with Crippen LogP contribution >= 0.6 is 0 Å². The molecule has 0 radical (unpaired) electrons. The zero-order valence-corrected chi connectivity index (χ0v) is 12.9. The van der Waals surface area contributed by atoms with E-state index >= 15 is 0 Å². The van der Waals surface area contributed by atoms with E-state index in [0.29, 0.717) is 11.4 Å². The van der Waals surface area contributed by atoms with Crippen LogP contribution in [0.2, 0.25) is 0 Å². The smallest absolute Gasteiger partial charge is 0.339 e. The molecule has 0 saturated carbocycles. The Morgan fingerprint density at radius 2 is 2.05 bits per heavy atom. The lowest BCUT2D eigenvalue weighted by Gasteiger charge is -2.07. The molecule has 3 rings (SSSR count). The molecule has 6 heteroatoms. The van der Waals surface area contributed by atoms with Crippen molar-refractivity contribution in [2.75, 3.05) is 7.11 Å². The first-order valence-electron chi connectivity index (χ1n) is 6.85. The molecule has 1 aromatic carbocycles. The maximum Gasteiger partial charge on any atom is 0.339 e. The molecule has 0 bridgehead atoms. The molecule has 0 saturated heterocycles. The van der Waals surface area contributed by atoms with Crippen LogP contribution in [0, 0.1) is 6.92 Å². The van der Waals surface area contributed by atoms with E-state index in [0.717, 1.165) is 22.2 Å². The highest BCUT2D eigenvalue weighted by molar-refractivity contribution is 6.06. The minimum Gasteiger partial charge on any atom is -0.496 e. The zero-order chi connectivity index (χ0) is 16.0. The van der Waals surface area contributed by atoms with E-state index in [1.807, 2.05) is 36.7 Å². The molecule has 0 spiro atoms. The summed E-state index contributed by atoms with van der Waals surface area (Å²) in [6, 6.07) is 5.79. The third kappa shape index (κ3) is 1.80. The molecule has 0 atom stereocenters. The Morgan fingerprint density at radius 3 is 2.68 bits per heavy atom. The summed E-state index contributed by atoms with van der Waals surface area (Å²) >= 11 is 0. The number of hydrogen-bond acceptors (Lipinski definition) is 3. The number of carbonyl (C=O) groups is 1. The van der Waals surface area contributed by atoms with E-state index in [9.17, 15) is 9.90 Å². The van der Waals surface area contributed by atoms with Crippen molar-refractivity contribution < 1.29 is 14.6 Å². The second-order valence-electron chi connectivity index (χ2n) is 5.21. The Bertz CT molecular complexity index is 890. The number of carboxylic acid groups (broad SMARTS) is 1. The third-order valence-corrected chi connectivity index (χ3v) is 4.11. The van der Waals surface area contributed by atoms with E-state index in [2.05, 4.69) is 5.10 Å². The Balaban J connectivity index is 2.49. The van der Waals surface area contributed by atoms with Crippen molar-refractivity contribution >= 4 is 16.9 Å². The first kappa shape index (κ1) is 14.2. The Hall–Kier alpha value is -2.76. The molecule has 2 aromatic heterocycles. The van der Waals surface area contributed by atoms with E-state index in [1.54, 1.807) is 18.8 Å². The van der Waals surface area contributed by atoms with Crippen LogP contribution in [0.5, 0.6) is 5.75 Å². The number of nitrogens with zero attached hydrogens (tertiary/aromatic N) is 3. The standard InChI is InChI=1S/C16H17N3O3/c1-9-13(15-10(16(20)21)8-17-19(15)3)14-11(18(9)2)6-5-7-12(14)22-4/h5-8H,1-4H3,(H,20,21). The van der Waals surface area contributed by atoms with Gasteiger partial charge in [0.2, 0.25) is 0 Å². The van der Waals surface area contributed by atoms with Crippen LogP contribution in [0.1, 0.15) is 16.1 Å². The molecule has 2 heterocycles. The van der Waals surface area contributed by atoms with Gasteiger partial charge in [0.1, 0.15) is 11.3 Å². The molecular formula is C16H17N3O3. The predicted molar refractivity (Wildman–Crippen MR) is 83.4 cm³/mol. The van der Waals surface area contributed by atoms with E-state index in [4.69, 9.17) is 4.74 Å². The normalized spacial score (nSPS) is 11.1. The monoisotopic (exact) mass is 299 g/mol. The van der Waals surface area contributed by atoms with Gasteiger partial charge in [0.05, 0.1) is 29.9 Å². The number of aromatic carboxylic acids is 1. The van der Waals surface area contributed by atoms with Crippen molar-refractivity contribution in [2.24, 2.45) is 14.1 Å². The summed E-state index contributed by atoms with van der Waals surface area (Å²) in [6.07, 6.45) is 1.38. The average molecular weight is 299 g/mol. The van der Waals surface area contributed by atoms with Gasteiger partial charge in [0.15, 0.2) is 0 Å². The minimum atomic E-state index is -0.991.